The van der Waals surface area contributed by atoms with Gasteiger partial charge < -0.3 is 0 Å². The average Bonchev–Trinajstić information content (AvgIpc) is 2.59. The largest absolute Gasteiger partial charge is 0.272 e. The first-order chi connectivity index (χ1) is 13.1. The molecule has 0 radical (unpaired) electrons. The first-order valence-corrected chi connectivity index (χ1v) is 10.6. The third-order valence-electron chi connectivity index (χ3n) is 4.30. The van der Waals surface area contributed by atoms with Crippen molar-refractivity contribution in [1.82, 2.24) is 10.1 Å². The molecule has 0 unspecified atom stereocenters. The molecule has 2 rings (SSSR count). The summed E-state index contributed by atoms with van der Waals surface area (Å²) in [6.45, 7) is 9.23. The Morgan fingerprint density at radius 3 is 2.18 bits per heavy atom. The lowest BCUT2D eigenvalue weighted by Gasteiger charge is -2.12. The molecule has 7 heteroatoms. The maximum atomic E-state index is 12.5. The zero-order valence-electron chi connectivity index (χ0n) is 16.9. The van der Waals surface area contributed by atoms with Gasteiger partial charge in [0.1, 0.15) is 0 Å². The molecule has 0 saturated heterocycles. The van der Waals surface area contributed by atoms with Crippen molar-refractivity contribution in [3.05, 3.63) is 64.2 Å². The number of carbonyl (C=O) groups is 1. The molecule has 0 fully saturated rings. The molecule has 0 aliphatic carbocycles. The molecular formula is C21H27N3O3S. The van der Waals surface area contributed by atoms with Gasteiger partial charge in [-0.1, -0.05) is 55.8 Å². The molecule has 0 aromatic heterocycles. The third kappa shape index (κ3) is 5.74. The van der Waals surface area contributed by atoms with Gasteiger partial charge in [-0.3, -0.25) is 4.79 Å². The van der Waals surface area contributed by atoms with Crippen molar-refractivity contribution in [3.8, 4) is 0 Å². The number of amides is 1. The molecule has 2 aromatic rings. The molecule has 0 aliphatic rings. The second-order valence-electron chi connectivity index (χ2n) is 7.17. The van der Waals surface area contributed by atoms with Gasteiger partial charge in [0.15, 0.2) is 0 Å². The Kier molecular flexibility index (Phi) is 7.10. The number of nitrogens with one attached hydrogen (secondary N) is 2. The molecule has 0 bridgehead atoms. The van der Waals surface area contributed by atoms with Crippen LogP contribution in [-0.2, 0) is 14.8 Å². The number of aryl methyl sites for hydroxylation is 3. The van der Waals surface area contributed by atoms with Crippen molar-refractivity contribution in [3.63, 3.8) is 0 Å². The van der Waals surface area contributed by atoms with Crippen molar-refractivity contribution in [2.24, 2.45) is 5.10 Å². The van der Waals surface area contributed by atoms with Crippen LogP contribution in [0.4, 0.5) is 0 Å². The number of hydrogen-bond donors (Lipinski definition) is 2. The number of carbonyl (C=O) groups excluding carboxylic acids is 1. The predicted molar refractivity (Wildman–Crippen MR) is 112 cm³/mol. The molecule has 28 heavy (non-hydrogen) atoms. The van der Waals surface area contributed by atoms with Gasteiger partial charge in [0.05, 0.1) is 17.7 Å². The van der Waals surface area contributed by atoms with Gasteiger partial charge in [0.2, 0.25) is 10.0 Å². The van der Waals surface area contributed by atoms with Crippen LogP contribution < -0.4 is 10.1 Å². The summed E-state index contributed by atoms with van der Waals surface area (Å²) in [6.07, 6.45) is 1.52. The Bertz CT molecular complexity index is 955. The SMILES string of the molecule is Cc1cc(C)c(S(=O)(=O)NCC(=O)N/N=C\c2ccc(C(C)C)cc2)c(C)c1. The van der Waals surface area contributed by atoms with E-state index in [1.807, 2.05) is 31.2 Å². The highest BCUT2D eigenvalue weighted by molar-refractivity contribution is 7.89. The van der Waals surface area contributed by atoms with E-state index in [1.165, 1.54) is 11.8 Å². The Hall–Kier alpha value is -2.51. The summed E-state index contributed by atoms with van der Waals surface area (Å²) in [5, 5.41) is 3.88. The third-order valence-corrected chi connectivity index (χ3v) is 6.01. The predicted octanol–water partition coefficient (Wildman–Crippen LogP) is 3.16. The number of hydrogen-bond acceptors (Lipinski definition) is 4. The zero-order valence-corrected chi connectivity index (χ0v) is 17.7. The van der Waals surface area contributed by atoms with Crippen molar-refractivity contribution < 1.29 is 13.2 Å². The van der Waals surface area contributed by atoms with Gasteiger partial charge in [0, 0.05) is 0 Å². The second-order valence-corrected chi connectivity index (χ2v) is 8.87. The van der Waals surface area contributed by atoms with E-state index in [4.69, 9.17) is 0 Å². The molecule has 150 valence electrons. The van der Waals surface area contributed by atoms with Crippen LogP contribution in [0.3, 0.4) is 0 Å². The number of nitrogens with zero attached hydrogens (tertiary/aromatic N) is 1. The first kappa shape index (κ1) is 21.8. The van der Waals surface area contributed by atoms with E-state index in [1.54, 1.807) is 26.0 Å². The van der Waals surface area contributed by atoms with Gasteiger partial charge in [-0.15, -0.1) is 0 Å². The minimum atomic E-state index is -3.79. The molecule has 0 heterocycles. The van der Waals surface area contributed by atoms with Crippen LogP contribution in [0.1, 0.15) is 47.6 Å². The zero-order chi connectivity index (χ0) is 20.9. The minimum absolute atomic E-state index is 0.208. The summed E-state index contributed by atoms with van der Waals surface area (Å²) in [5.74, 6) is -0.0967. The van der Waals surface area contributed by atoms with Gasteiger partial charge in [-0.25, -0.2) is 18.6 Å². The summed E-state index contributed by atoms with van der Waals surface area (Å²) >= 11 is 0. The second kappa shape index (κ2) is 9.12. The molecule has 0 atom stereocenters. The van der Waals surface area contributed by atoms with Crippen LogP contribution in [0.2, 0.25) is 0 Å². The first-order valence-electron chi connectivity index (χ1n) is 9.09. The van der Waals surface area contributed by atoms with Gasteiger partial charge in [-0.2, -0.15) is 5.10 Å². The Labute approximate surface area is 167 Å². The standard InChI is InChI=1S/C21H27N3O3S/c1-14(2)19-8-6-18(7-9-19)12-22-24-20(25)13-23-28(26,27)21-16(4)10-15(3)11-17(21)5/h6-12,14,23H,13H2,1-5H3,(H,24,25)/b22-12-. The van der Waals surface area contributed by atoms with Crippen LogP contribution >= 0.6 is 0 Å². The number of hydrazone groups is 1. The minimum Gasteiger partial charge on any atom is -0.272 e. The Morgan fingerprint density at radius 2 is 1.64 bits per heavy atom. The fraction of sp³-hybridized carbons (Fsp3) is 0.333. The van der Waals surface area contributed by atoms with Gasteiger partial charge in [-0.05, 0) is 48.9 Å². The van der Waals surface area contributed by atoms with E-state index in [0.717, 1.165) is 11.1 Å². The van der Waals surface area contributed by atoms with E-state index < -0.39 is 22.5 Å². The fourth-order valence-corrected chi connectivity index (χ4v) is 4.44. The lowest BCUT2D eigenvalue weighted by Crippen LogP contribution is -2.35. The summed E-state index contributed by atoms with van der Waals surface area (Å²) in [7, 11) is -3.79. The lowest BCUT2D eigenvalue weighted by molar-refractivity contribution is -0.119. The van der Waals surface area contributed by atoms with Crippen LogP contribution in [0.15, 0.2) is 46.4 Å². The maximum Gasteiger partial charge on any atom is 0.255 e. The summed E-state index contributed by atoms with van der Waals surface area (Å²) in [4.78, 5) is 12.1. The number of sulfonamides is 1. The highest BCUT2D eigenvalue weighted by atomic mass is 32.2. The summed E-state index contributed by atoms with van der Waals surface area (Å²) in [6, 6.07) is 11.4. The van der Waals surface area contributed by atoms with E-state index in [-0.39, 0.29) is 4.90 Å². The van der Waals surface area contributed by atoms with Crippen molar-refractivity contribution >= 4 is 22.1 Å². The molecule has 1 amide bonds. The van der Waals surface area contributed by atoms with Gasteiger partial charge >= 0.3 is 0 Å². The topological polar surface area (TPSA) is 87.6 Å². The Morgan fingerprint density at radius 1 is 1.07 bits per heavy atom. The maximum absolute atomic E-state index is 12.5. The molecular weight excluding hydrogens is 374 g/mol. The normalized spacial score (nSPS) is 11.9. The average molecular weight is 402 g/mol. The lowest BCUT2D eigenvalue weighted by atomic mass is 10.0. The van der Waals surface area contributed by atoms with E-state index >= 15 is 0 Å². The highest BCUT2D eigenvalue weighted by Crippen LogP contribution is 2.21. The summed E-state index contributed by atoms with van der Waals surface area (Å²) in [5.41, 5.74) is 6.68. The molecule has 2 aromatic carbocycles. The van der Waals surface area contributed by atoms with Crippen molar-refractivity contribution in [1.29, 1.82) is 0 Å². The van der Waals surface area contributed by atoms with Crippen LogP contribution in [0.5, 0.6) is 0 Å². The quantitative estimate of drug-likeness (QED) is 0.552. The smallest absolute Gasteiger partial charge is 0.255 e. The molecule has 0 spiro atoms. The summed E-state index contributed by atoms with van der Waals surface area (Å²) < 4.78 is 27.4. The molecule has 0 saturated carbocycles. The molecule has 2 N–H and O–H groups in total. The monoisotopic (exact) mass is 401 g/mol. The fourth-order valence-electron chi connectivity index (χ4n) is 3.01. The number of rotatable bonds is 7. The van der Waals surface area contributed by atoms with E-state index in [0.29, 0.717) is 17.0 Å². The Balaban J connectivity index is 1.95. The van der Waals surface area contributed by atoms with E-state index in [2.05, 4.69) is 29.1 Å². The van der Waals surface area contributed by atoms with Crippen LogP contribution in [0, 0.1) is 20.8 Å². The number of benzene rings is 2. The van der Waals surface area contributed by atoms with Gasteiger partial charge in [0.25, 0.3) is 5.91 Å². The van der Waals surface area contributed by atoms with Crippen LogP contribution in [0.25, 0.3) is 0 Å². The molecule has 0 aliphatic heterocycles. The van der Waals surface area contributed by atoms with E-state index in [9.17, 15) is 13.2 Å². The molecule has 6 nitrogen and oxygen atoms in total. The highest BCUT2D eigenvalue weighted by Gasteiger charge is 2.20. The van der Waals surface area contributed by atoms with Crippen LogP contribution in [-0.4, -0.2) is 27.1 Å². The van der Waals surface area contributed by atoms with Crippen molar-refractivity contribution in [2.45, 2.75) is 45.4 Å². The van der Waals surface area contributed by atoms with Crippen molar-refractivity contribution in [2.75, 3.05) is 6.54 Å².